The molecule has 10 nitrogen and oxygen atoms in total. The van der Waals surface area contributed by atoms with Crippen LogP contribution in [0.15, 0.2) is 71.1 Å². The molecule has 2 unspecified atom stereocenters. The van der Waals surface area contributed by atoms with E-state index in [9.17, 15) is 14.9 Å². The van der Waals surface area contributed by atoms with Gasteiger partial charge in [-0.3, -0.25) is 4.79 Å². The molecule has 1 heterocycles. The number of nitriles is 1. The molecule has 1 aromatic heterocycles. The second-order valence-corrected chi connectivity index (χ2v) is 16.0. The van der Waals surface area contributed by atoms with Gasteiger partial charge in [0.25, 0.3) is 5.91 Å². The normalized spacial score (nSPS) is 16.8. The third kappa shape index (κ3) is 11.8. The van der Waals surface area contributed by atoms with Gasteiger partial charge < -0.3 is 35.2 Å². The lowest BCUT2D eigenvalue weighted by Crippen LogP contribution is -2.48. The Labute approximate surface area is 330 Å². The summed E-state index contributed by atoms with van der Waals surface area (Å²) in [6.07, 6.45) is 3.54. The number of hydrogen-bond acceptors (Lipinski definition) is 8. The summed E-state index contributed by atoms with van der Waals surface area (Å²) in [5.74, 6) is 1.48. The van der Waals surface area contributed by atoms with Crippen molar-refractivity contribution < 1.29 is 23.5 Å². The van der Waals surface area contributed by atoms with Crippen LogP contribution in [0.3, 0.4) is 0 Å². The number of amides is 2. The van der Waals surface area contributed by atoms with E-state index in [0.717, 1.165) is 42.6 Å². The number of aryl methyl sites for hydroxylation is 2. The van der Waals surface area contributed by atoms with E-state index < -0.39 is 11.7 Å². The molecule has 0 bridgehead atoms. The molecular formula is C44H54ClN5O5. The topological polar surface area (TPSA) is 138 Å². The van der Waals surface area contributed by atoms with Crippen LogP contribution in [-0.4, -0.2) is 49.4 Å². The van der Waals surface area contributed by atoms with E-state index in [1.165, 1.54) is 11.1 Å². The van der Waals surface area contributed by atoms with Crippen LogP contribution in [0.5, 0.6) is 5.75 Å². The number of benzene rings is 3. The Morgan fingerprint density at radius 3 is 2.35 bits per heavy atom. The number of carbonyl (C=O) groups is 2. The number of rotatable bonds is 14. The second kappa shape index (κ2) is 18.7. The smallest absolute Gasteiger partial charge is 0.407 e. The van der Waals surface area contributed by atoms with Crippen molar-refractivity contribution in [2.45, 2.75) is 110 Å². The van der Waals surface area contributed by atoms with Gasteiger partial charge in [-0.05, 0) is 115 Å². The SMILES string of the molecule is COc1cc(Cl)c(C(=O)NC(CN[C@H]2CC[C@H](NC(=O)OC(C)(C)C)CC2)Cc2ccc(C#N)c(C)c2)cc1-c1ccc(CNC(C)c2ccc(C)cc2)o1. The molecule has 0 aliphatic heterocycles. The number of halogens is 1. The highest BCUT2D eigenvalue weighted by Crippen LogP contribution is 2.36. The maximum Gasteiger partial charge on any atom is 0.407 e. The van der Waals surface area contributed by atoms with Gasteiger partial charge in [0.1, 0.15) is 22.9 Å². The van der Waals surface area contributed by atoms with Crippen LogP contribution in [0.25, 0.3) is 11.3 Å². The number of methoxy groups -OCH3 is 1. The fourth-order valence-corrected chi connectivity index (χ4v) is 7.10. The van der Waals surface area contributed by atoms with Crippen LogP contribution in [0, 0.1) is 25.2 Å². The minimum Gasteiger partial charge on any atom is -0.496 e. The van der Waals surface area contributed by atoms with Gasteiger partial charge >= 0.3 is 6.09 Å². The standard InChI is InChI=1S/C44H54ClN5O5/c1-27-8-11-31(12-9-27)29(3)47-26-36-18-19-40(54-36)38-22-37(39(45)23-41(38)53-7)42(51)49-35(21-30-10-13-32(24-46)28(2)20-30)25-48-33-14-16-34(17-15-33)50-43(52)55-44(4,5)6/h8-13,18-20,22-23,29,33-35,47-48H,14-17,21,25-26H2,1-7H3,(H,49,51)(H,50,52)/t29?,33-,34-,35?. The quantitative estimate of drug-likeness (QED) is 0.100. The van der Waals surface area contributed by atoms with Crippen molar-refractivity contribution in [1.29, 1.82) is 5.26 Å². The van der Waals surface area contributed by atoms with E-state index in [2.05, 4.69) is 65.4 Å². The fourth-order valence-electron chi connectivity index (χ4n) is 6.86. The van der Waals surface area contributed by atoms with Crippen LogP contribution >= 0.6 is 11.6 Å². The van der Waals surface area contributed by atoms with Gasteiger partial charge in [-0.2, -0.15) is 5.26 Å². The molecule has 3 aromatic carbocycles. The first-order valence-corrected chi connectivity index (χ1v) is 19.4. The van der Waals surface area contributed by atoms with Crippen molar-refractivity contribution in [3.05, 3.63) is 111 Å². The highest BCUT2D eigenvalue weighted by atomic mass is 35.5. The van der Waals surface area contributed by atoms with Gasteiger partial charge in [-0.1, -0.05) is 53.6 Å². The van der Waals surface area contributed by atoms with Crippen LogP contribution < -0.4 is 26.0 Å². The van der Waals surface area contributed by atoms with Crippen LogP contribution in [-0.2, 0) is 17.7 Å². The van der Waals surface area contributed by atoms with Crippen molar-refractivity contribution in [3.8, 4) is 23.1 Å². The predicted molar refractivity (Wildman–Crippen MR) is 216 cm³/mol. The first kappa shape index (κ1) is 41.3. The summed E-state index contributed by atoms with van der Waals surface area (Å²) in [6, 6.07) is 23.7. The molecule has 1 saturated carbocycles. The predicted octanol–water partition coefficient (Wildman–Crippen LogP) is 8.71. The molecule has 5 rings (SSSR count). The first-order chi connectivity index (χ1) is 26.2. The van der Waals surface area contributed by atoms with Crippen LogP contribution in [0.1, 0.15) is 103 Å². The van der Waals surface area contributed by atoms with Gasteiger partial charge in [-0.25, -0.2) is 4.79 Å². The molecule has 1 fully saturated rings. The molecule has 2 atom stereocenters. The Balaban J connectivity index is 1.28. The summed E-state index contributed by atoms with van der Waals surface area (Å²) in [4.78, 5) is 26.4. The van der Waals surface area contributed by atoms with Gasteiger partial charge in [0.05, 0.1) is 41.4 Å². The molecule has 2 amide bonds. The minimum absolute atomic E-state index is 0.0557. The number of nitrogens with zero attached hydrogens (tertiary/aromatic N) is 1. The lowest BCUT2D eigenvalue weighted by molar-refractivity contribution is 0.0489. The van der Waals surface area contributed by atoms with E-state index in [1.54, 1.807) is 19.2 Å². The Kier molecular flexibility index (Phi) is 14.0. The monoisotopic (exact) mass is 767 g/mol. The fraction of sp³-hybridized carbons (Fsp3) is 0.432. The largest absolute Gasteiger partial charge is 0.496 e. The van der Waals surface area contributed by atoms with Crippen molar-refractivity contribution in [2.75, 3.05) is 13.7 Å². The summed E-state index contributed by atoms with van der Waals surface area (Å²) >= 11 is 6.74. The van der Waals surface area contributed by atoms with Gasteiger partial charge in [0, 0.05) is 36.8 Å². The Morgan fingerprint density at radius 1 is 0.982 bits per heavy atom. The van der Waals surface area contributed by atoms with Crippen molar-refractivity contribution >= 4 is 23.6 Å². The van der Waals surface area contributed by atoms with E-state index in [0.29, 0.717) is 47.7 Å². The molecule has 4 aromatic rings. The van der Waals surface area contributed by atoms with E-state index in [1.807, 2.05) is 58.0 Å². The number of ether oxygens (including phenoxy) is 2. The minimum atomic E-state index is -0.547. The Bertz CT molecular complexity index is 1970. The molecule has 4 N–H and O–H groups in total. The zero-order valence-electron chi connectivity index (χ0n) is 33.0. The summed E-state index contributed by atoms with van der Waals surface area (Å²) in [5, 5.41) is 23.2. The summed E-state index contributed by atoms with van der Waals surface area (Å²) in [7, 11) is 1.56. The highest BCUT2D eigenvalue weighted by Gasteiger charge is 2.26. The number of carbonyl (C=O) groups excluding carboxylic acids is 2. The number of nitrogens with one attached hydrogen (secondary N) is 4. The summed E-state index contributed by atoms with van der Waals surface area (Å²) < 4.78 is 17.4. The average molecular weight is 768 g/mol. The number of hydrogen-bond donors (Lipinski definition) is 4. The zero-order valence-corrected chi connectivity index (χ0v) is 33.7. The van der Waals surface area contributed by atoms with Crippen LogP contribution in [0.4, 0.5) is 4.79 Å². The molecule has 0 radical (unpaired) electrons. The average Bonchev–Trinajstić information content (AvgIpc) is 3.61. The van der Waals surface area contributed by atoms with Crippen molar-refractivity contribution in [1.82, 2.24) is 21.3 Å². The second-order valence-electron chi connectivity index (χ2n) is 15.6. The third-order valence-electron chi connectivity index (χ3n) is 9.95. The molecule has 292 valence electrons. The molecule has 0 saturated heterocycles. The highest BCUT2D eigenvalue weighted by molar-refractivity contribution is 6.34. The van der Waals surface area contributed by atoms with Gasteiger partial charge in [0.2, 0.25) is 0 Å². The molecule has 55 heavy (non-hydrogen) atoms. The van der Waals surface area contributed by atoms with Crippen molar-refractivity contribution in [2.24, 2.45) is 0 Å². The Hall–Kier alpha value is -4.82. The van der Waals surface area contributed by atoms with E-state index in [-0.39, 0.29) is 35.1 Å². The first-order valence-electron chi connectivity index (χ1n) is 19.0. The number of furan rings is 1. The van der Waals surface area contributed by atoms with Gasteiger partial charge in [0.15, 0.2) is 0 Å². The maximum absolute atomic E-state index is 14.1. The maximum atomic E-state index is 14.1. The molecule has 0 spiro atoms. The van der Waals surface area contributed by atoms with E-state index >= 15 is 0 Å². The third-order valence-corrected chi connectivity index (χ3v) is 10.3. The Morgan fingerprint density at radius 2 is 1.69 bits per heavy atom. The summed E-state index contributed by atoms with van der Waals surface area (Å²) in [6.45, 7) is 12.7. The lowest BCUT2D eigenvalue weighted by Gasteiger charge is -2.31. The zero-order chi connectivity index (χ0) is 39.7. The molecule has 1 aliphatic rings. The molecule has 1 aliphatic carbocycles. The molecule has 11 heteroatoms. The molecular weight excluding hydrogens is 714 g/mol. The van der Waals surface area contributed by atoms with Gasteiger partial charge in [-0.15, -0.1) is 0 Å². The lowest BCUT2D eigenvalue weighted by atomic mass is 9.91. The summed E-state index contributed by atoms with van der Waals surface area (Å²) in [5.41, 5.74) is 5.28. The number of alkyl carbamates (subject to hydrolysis) is 1. The van der Waals surface area contributed by atoms with Crippen molar-refractivity contribution in [3.63, 3.8) is 0 Å². The van der Waals surface area contributed by atoms with E-state index in [4.69, 9.17) is 25.5 Å². The van der Waals surface area contributed by atoms with Crippen LogP contribution in [0.2, 0.25) is 5.02 Å².